The lowest BCUT2D eigenvalue weighted by molar-refractivity contribution is -0.192. The van der Waals surface area contributed by atoms with E-state index in [1.54, 1.807) is 0 Å². The average Bonchev–Trinajstić information content (AvgIpc) is 3.46. The first kappa shape index (κ1) is 28.6. The first-order chi connectivity index (χ1) is 18.4. The van der Waals surface area contributed by atoms with Gasteiger partial charge in [-0.15, -0.1) is 0 Å². The third-order valence-electron chi connectivity index (χ3n) is 6.85. The van der Waals surface area contributed by atoms with Gasteiger partial charge in [0.2, 0.25) is 5.95 Å². The van der Waals surface area contributed by atoms with Crippen molar-refractivity contribution < 1.29 is 32.6 Å². The summed E-state index contributed by atoms with van der Waals surface area (Å²) < 4.78 is 37.8. The first-order valence-corrected chi connectivity index (χ1v) is 12.9. The molecule has 0 spiro atoms. The van der Waals surface area contributed by atoms with Crippen molar-refractivity contribution in [1.82, 2.24) is 20.2 Å². The van der Waals surface area contributed by atoms with Crippen molar-refractivity contribution in [2.24, 2.45) is 0 Å². The van der Waals surface area contributed by atoms with Crippen LogP contribution in [0.2, 0.25) is 0 Å². The smallest absolute Gasteiger partial charge is 0.475 e. The third-order valence-corrected chi connectivity index (χ3v) is 6.85. The molecule has 3 aliphatic rings. The molecule has 2 bridgehead atoms. The third kappa shape index (κ3) is 6.95. The van der Waals surface area contributed by atoms with Crippen LogP contribution in [0.3, 0.4) is 0 Å². The van der Waals surface area contributed by atoms with Gasteiger partial charge in [0.15, 0.2) is 0 Å². The molecule has 0 saturated carbocycles. The van der Waals surface area contributed by atoms with E-state index >= 15 is 0 Å². The van der Waals surface area contributed by atoms with Gasteiger partial charge in [0, 0.05) is 55.6 Å². The van der Waals surface area contributed by atoms with Gasteiger partial charge in [-0.25, -0.2) is 19.6 Å². The van der Waals surface area contributed by atoms with Crippen molar-refractivity contribution in [3.63, 3.8) is 0 Å². The summed E-state index contributed by atoms with van der Waals surface area (Å²) in [5.74, 6) is -1.94. The lowest BCUT2D eigenvalue weighted by atomic mass is 10.1. The van der Waals surface area contributed by atoms with Crippen LogP contribution in [-0.4, -0.2) is 76.0 Å². The van der Waals surface area contributed by atoms with E-state index in [1.165, 1.54) is 5.56 Å². The van der Waals surface area contributed by atoms with Gasteiger partial charge in [0.05, 0.1) is 23.6 Å². The second-order valence-electron chi connectivity index (χ2n) is 10.0. The molecule has 3 N–H and O–H groups in total. The Morgan fingerprint density at radius 3 is 2.26 bits per heavy atom. The molecule has 1 aromatic heterocycles. The van der Waals surface area contributed by atoms with Crippen molar-refractivity contribution in [1.29, 1.82) is 0 Å². The van der Waals surface area contributed by atoms with Gasteiger partial charge in [-0.3, -0.25) is 4.90 Å². The van der Waals surface area contributed by atoms with E-state index in [9.17, 15) is 18.0 Å². The van der Waals surface area contributed by atoms with Gasteiger partial charge in [-0.1, -0.05) is 12.1 Å². The number of nitrogens with one attached hydrogen (secondary N) is 2. The number of carboxylic acid groups (broad SMARTS) is 1. The number of fused-ring (bicyclic) bond motifs is 3. The average molecular weight is 551 g/mol. The Bertz CT molecular complexity index is 1180. The van der Waals surface area contributed by atoms with E-state index in [4.69, 9.17) is 24.6 Å². The number of carbonyl (C=O) groups excluding carboxylic acids is 1. The Hall–Kier alpha value is -3.45. The number of aromatic nitrogens is 2. The summed E-state index contributed by atoms with van der Waals surface area (Å²) in [5.41, 5.74) is 5.15. The maximum Gasteiger partial charge on any atom is 0.490 e. The number of rotatable bonds is 5. The van der Waals surface area contributed by atoms with Crippen molar-refractivity contribution in [2.75, 3.05) is 29.9 Å². The molecule has 2 aromatic rings. The summed E-state index contributed by atoms with van der Waals surface area (Å²) >= 11 is 0. The minimum atomic E-state index is -5.08. The number of alkyl halides is 3. The molecule has 2 amide bonds. The molecular weight excluding hydrogens is 517 g/mol. The number of ether oxygens (including phenoxy) is 1. The van der Waals surface area contributed by atoms with Crippen molar-refractivity contribution in [2.45, 2.75) is 71.1 Å². The summed E-state index contributed by atoms with van der Waals surface area (Å²) in [5, 5.41) is 12.7. The summed E-state index contributed by atoms with van der Waals surface area (Å²) in [7, 11) is 0. The molecular formula is C26H33F3N6O4. The van der Waals surface area contributed by atoms with E-state index in [0.29, 0.717) is 24.8 Å². The van der Waals surface area contributed by atoms with Crippen LogP contribution in [0.5, 0.6) is 0 Å². The number of hydrogen-bond acceptors (Lipinski definition) is 7. The monoisotopic (exact) mass is 550 g/mol. The number of benzene rings is 1. The predicted molar refractivity (Wildman–Crippen MR) is 138 cm³/mol. The highest BCUT2D eigenvalue weighted by molar-refractivity contribution is 5.89. The van der Waals surface area contributed by atoms with Crippen LogP contribution in [-0.2, 0) is 22.6 Å². The first-order valence-electron chi connectivity index (χ1n) is 12.9. The lowest BCUT2D eigenvalue weighted by Crippen LogP contribution is -2.43. The highest BCUT2D eigenvalue weighted by atomic mass is 19.4. The van der Waals surface area contributed by atoms with Gasteiger partial charge in [-0.05, 0) is 45.7 Å². The van der Waals surface area contributed by atoms with Crippen LogP contribution in [0.15, 0.2) is 24.3 Å². The maximum atomic E-state index is 11.8. The second kappa shape index (κ2) is 11.7. The molecule has 13 heteroatoms. The Morgan fingerprint density at radius 1 is 1.10 bits per heavy atom. The molecule has 5 rings (SSSR count). The number of urea groups is 1. The molecule has 2 fully saturated rings. The number of carboxylic acids is 1. The van der Waals surface area contributed by atoms with Gasteiger partial charge in [0.25, 0.3) is 0 Å². The number of hydrogen-bond donors (Lipinski definition) is 3. The van der Waals surface area contributed by atoms with E-state index in [0.717, 1.165) is 67.6 Å². The number of anilines is 2. The zero-order chi connectivity index (χ0) is 28.3. The largest absolute Gasteiger partial charge is 0.490 e. The van der Waals surface area contributed by atoms with Crippen LogP contribution in [0.4, 0.5) is 29.6 Å². The number of carbonyl (C=O) groups is 2. The van der Waals surface area contributed by atoms with E-state index in [1.807, 2.05) is 31.2 Å². The Balaban J connectivity index is 0.000000448. The van der Waals surface area contributed by atoms with Crippen molar-refractivity contribution >= 4 is 23.6 Å². The van der Waals surface area contributed by atoms with Crippen LogP contribution >= 0.6 is 0 Å². The standard InChI is InChI=1S/C24H32N6O2.C2HF3O2/c1-4-25-24(31)26-17-7-5-16(6-8-17)22-20-13-29(15(2)3)14-21(20)27-23(28-22)30-11-18-9-10-19(12-30)32-18;3-2(4,5)1(6)7/h5-8,15,18-19H,4,9-14H2,1-3H3,(H2,25,26,31);(H,6,7). The second-order valence-corrected chi connectivity index (χ2v) is 10.0. The Labute approximate surface area is 224 Å². The molecule has 10 nitrogen and oxygen atoms in total. The minimum absolute atomic E-state index is 0.194. The molecule has 3 aliphatic heterocycles. The van der Waals surface area contributed by atoms with Crippen LogP contribution < -0.4 is 15.5 Å². The normalized spacial score (nSPS) is 20.3. The molecule has 1 aromatic carbocycles. The summed E-state index contributed by atoms with van der Waals surface area (Å²) in [6.07, 6.45) is -2.25. The fourth-order valence-electron chi connectivity index (χ4n) is 4.84. The quantitative estimate of drug-likeness (QED) is 0.511. The number of amides is 2. The van der Waals surface area contributed by atoms with Gasteiger partial charge < -0.3 is 25.4 Å². The summed E-state index contributed by atoms with van der Waals surface area (Å²) in [6, 6.07) is 8.19. The molecule has 4 heterocycles. The van der Waals surface area contributed by atoms with Crippen LogP contribution in [0.25, 0.3) is 11.3 Å². The summed E-state index contributed by atoms with van der Waals surface area (Å²) in [4.78, 5) is 35.6. The highest BCUT2D eigenvalue weighted by Gasteiger charge is 2.38. The maximum absolute atomic E-state index is 11.8. The topological polar surface area (TPSA) is 120 Å². The zero-order valence-electron chi connectivity index (χ0n) is 22.1. The van der Waals surface area contributed by atoms with Gasteiger partial charge in [0.1, 0.15) is 0 Å². The molecule has 2 unspecified atom stereocenters. The van der Waals surface area contributed by atoms with Crippen molar-refractivity contribution in [3.05, 3.63) is 35.5 Å². The predicted octanol–water partition coefficient (Wildman–Crippen LogP) is 4.01. The number of aliphatic carboxylic acids is 1. The number of nitrogens with zero attached hydrogens (tertiary/aromatic N) is 4. The fourth-order valence-corrected chi connectivity index (χ4v) is 4.84. The molecule has 39 heavy (non-hydrogen) atoms. The van der Waals surface area contributed by atoms with Crippen LogP contribution in [0, 0.1) is 0 Å². The molecule has 212 valence electrons. The lowest BCUT2D eigenvalue weighted by Gasteiger charge is -2.32. The van der Waals surface area contributed by atoms with Gasteiger partial charge in [-0.2, -0.15) is 13.2 Å². The molecule has 2 atom stereocenters. The Morgan fingerprint density at radius 2 is 1.72 bits per heavy atom. The minimum Gasteiger partial charge on any atom is -0.475 e. The molecule has 0 radical (unpaired) electrons. The van der Waals surface area contributed by atoms with E-state index in [-0.39, 0.29) is 6.03 Å². The van der Waals surface area contributed by atoms with E-state index in [2.05, 4.69) is 34.3 Å². The van der Waals surface area contributed by atoms with Crippen LogP contribution in [0.1, 0.15) is 44.9 Å². The van der Waals surface area contributed by atoms with E-state index < -0.39 is 12.1 Å². The Kier molecular flexibility index (Phi) is 8.60. The molecule has 0 aliphatic carbocycles. The zero-order valence-corrected chi connectivity index (χ0v) is 22.1. The summed E-state index contributed by atoms with van der Waals surface area (Å²) in [6.45, 7) is 10.4. The SMILES string of the molecule is CCNC(=O)Nc1ccc(-c2nc(N3CC4CCC(C3)O4)nc3c2CN(C(C)C)C3)cc1.O=C(O)C(F)(F)F. The number of halogens is 3. The highest BCUT2D eigenvalue weighted by Crippen LogP contribution is 2.35. The molecule has 2 saturated heterocycles. The number of morpholine rings is 1. The van der Waals surface area contributed by atoms with Gasteiger partial charge >= 0.3 is 18.2 Å². The fraction of sp³-hybridized carbons (Fsp3) is 0.538. The van der Waals surface area contributed by atoms with Crippen molar-refractivity contribution in [3.8, 4) is 11.3 Å².